The van der Waals surface area contributed by atoms with Gasteiger partial charge < -0.3 is 20.1 Å². The Kier molecular flexibility index (Phi) is 6.83. The molecule has 0 unspecified atom stereocenters. The van der Waals surface area contributed by atoms with Crippen LogP contribution in [-0.4, -0.2) is 42.8 Å². The summed E-state index contributed by atoms with van der Waals surface area (Å²) in [7, 11) is 1.54. The number of piperidine rings is 1. The minimum absolute atomic E-state index is 0.00493. The second-order valence-corrected chi connectivity index (χ2v) is 6.75. The molecule has 32 heavy (non-hydrogen) atoms. The van der Waals surface area contributed by atoms with Crippen molar-refractivity contribution in [1.82, 2.24) is 0 Å². The molecular weight excluding hydrogens is 416 g/mol. The van der Waals surface area contributed by atoms with Gasteiger partial charge in [-0.15, -0.1) is 0 Å². The first-order valence-corrected chi connectivity index (χ1v) is 9.80. The summed E-state index contributed by atoms with van der Waals surface area (Å²) in [5.41, 5.74) is 7.00. The van der Waals surface area contributed by atoms with E-state index in [0.717, 1.165) is 0 Å². The fraction of sp³-hybridized carbons (Fsp3) is 0.227. The van der Waals surface area contributed by atoms with Gasteiger partial charge in [-0.3, -0.25) is 14.9 Å². The second-order valence-electron chi connectivity index (χ2n) is 6.75. The Morgan fingerprint density at radius 2 is 1.84 bits per heavy atom. The zero-order valence-corrected chi connectivity index (χ0v) is 17.6. The third kappa shape index (κ3) is 4.75. The third-order valence-corrected chi connectivity index (χ3v) is 4.82. The maximum Gasteiger partial charge on any atom is 0.354 e. The van der Waals surface area contributed by atoms with Crippen LogP contribution in [0.1, 0.15) is 13.3 Å². The number of nitro benzene ring substituents is 1. The average Bonchev–Trinajstić information content (AvgIpc) is 2.80. The number of esters is 1. The highest BCUT2D eigenvalue weighted by molar-refractivity contribution is 6.51. The van der Waals surface area contributed by atoms with Crippen molar-refractivity contribution in [2.45, 2.75) is 13.3 Å². The molecule has 1 fully saturated rings. The normalized spacial score (nSPS) is 16.6. The van der Waals surface area contributed by atoms with Gasteiger partial charge in [0.25, 0.3) is 11.6 Å². The first-order valence-electron chi connectivity index (χ1n) is 9.80. The van der Waals surface area contributed by atoms with Crippen LogP contribution in [-0.2, 0) is 14.3 Å². The lowest BCUT2D eigenvalue weighted by atomic mass is 9.97. The molecule has 0 spiro atoms. The maximum atomic E-state index is 13.4. The van der Waals surface area contributed by atoms with Crippen LogP contribution in [0.15, 0.2) is 64.8 Å². The highest BCUT2D eigenvalue weighted by Crippen LogP contribution is 2.28. The number of hydrogen-bond donors (Lipinski definition) is 1. The maximum absolute atomic E-state index is 13.4. The van der Waals surface area contributed by atoms with E-state index in [0.29, 0.717) is 22.7 Å². The fourth-order valence-corrected chi connectivity index (χ4v) is 3.20. The number of hydrogen-bond acceptors (Lipinski definition) is 8. The molecule has 1 saturated heterocycles. The SMILES string of the molecule is CCOC(=O)C(N)=C1CCN(c2ccc([N+](=O)[O-])cc2)C(=O)C1=Nc1ccc(OC)cc1. The summed E-state index contributed by atoms with van der Waals surface area (Å²) in [5.74, 6) is -0.581. The van der Waals surface area contributed by atoms with E-state index < -0.39 is 16.8 Å². The third-order valence-electron chi connectivity index (χ3n) is 4.82. The molecule has 0 saturated carbocycles. The van der Waals surface area contributed by atoms with Crippen molar-refractivity contribution in [1.29, 1.82) is 0 Å². The van der Waals surface area contributed by atoms with Crippen LogP contribution in [0.4, 0.5) is 17.1 Å². The number of nitro groups is 1. The molecule has 2 N–H and O–H groups in total. The van der Waals surface area contributed by atoms with Crippen molar-refractivity contribution < 1.29 is 24.0 Å². The molecule has 1 aliphatic rings. The van der Waals surface area contributed by atoms with E-state index in [1.54, 1.807) is 31.2 Å². The van der Waals surface area contributed by atoms with Crippen molar-refractivity contribution in [3.8, 4) is 5.75 Å². The number of ether oxygens (including phenoxy) is 2. The predicted octanol–water partition coefficient (Wildman–Crippen LogP) is 2.89. The van der Waals surface area contributed by atoms with Gasteiger partial charge in [0.1, 0.15) is 17.2 Å². The Bertz CT molecular complexity index is 1090. The van der Waals surface area contributed by atoms with Crippen LogP contribution in [0.25, 0.3) is 0 Å². The molecule has 3 rings (SSSR count). The summed E-state index contributed by atoms with van der Waals surface area (Å²) in [4.78, 5) is 41.9. The van der Waals surface area contributed by atoms with E-state index in [-0.39, 0.29) is 36.7 Å². The van der Waals surface area contributed by atoms with Crippen LogP contribution in [0.3, 0.4) is 0 Å². The van der Waals surface area contributed by atoms with Crippen LogP contribution < -0.4 is 15.4 Å². The standard InChI is InChI=1S/C22H22N4O6/c1-3-32-22(28)19(23)18-12-13-25(15-6-8-16(9-7-15)26(29)30)21(27)20(18)24-14-4-10-17(31-2)11-5-14/h4-11H,3,12-13,23H2,1-2H3. The minimum atomic E-state index is -0.721. The smallest absolute Gasteiger partial charge is 0.354 e. The molecule has 2 aromatic rings. The highest BCUT2D eigenvalue weighted by atomic mass is 16.6. The summed E-state index contributed by atoms with van der Waals surface area (Å²) in [6.45, 7) is 2.01. The van der Waals surface area contributed by atoms with Gasteiger partial charge in [0.15, 0.2) is 0 Å². The minimum Gasteiger partial charge on any atom is -0.497 e. The molecule has 0 bridgehead atoms. The molecule has 0 aromatic heterocycles. The number of methoxy groups -OCH3 is 1. The summed E-state index contributed by atoms with van der Waals surface area (Å²) < 4.78 is 10.1. The number of nitrogens with zero attached hydrogens (tertiary/aromatic N) is 3. The number of carbonyl (C=O) groups excluding carboxylic acids is 2. The van der Waals surface area contributed by atoms with Crippen molar-refractivity contribution in [2.75, 3.05) is 25.2 Å². The quantitative estimate of drug-likeness (QED) is 0.317. The van der Waals surface area contributed by atoms with E-state index >= 15 is 0 Å². The predicted molar refractivity (Wildman–Crippen MR) is 118 cm³/mol. The topological polar surface area (TPSA) is 137 Å². The zero-order valence-electron chi connectivity index (χ0n) is 17.6. The van der Waals surface area contributed by atoms with Gasteiger partial charge in [-0.05, 0) is 49.7 Å². The van der Waals surface area contributed by atoms with Gasteiger partial charge in [0.05, 0.1) is 24.3 Å². The molecule has 2 aromatic carbocycles. The monoisotopic (exact) mass is 438 g/mol. The Balaban J connectivity index is 2.03. The molecule has 10 heteroatoms. The van der Waals surface area contributed by atoms with Crippen LogP contribution >= 0.6 is 0 Å². The van der Waals surface area contributed by atoms with E-state index in [1.165, 1.54) is 36.3 Å². The Labute approximate surface area is 184 Å². The van der Waals surface area contributed by atoms with Gasteiger partial charge in [-0.2, -0.15) is 0 Å². The number of anilines is 1. The molecule has 0 atom stereocenters. The molecule has 0 aliphatic carbocycles. The first-order chi connectivity index (χ1) is 15.3. The van der Waals surface area contributed by atoms with Crippen molar-refractivity contribution in [2.24, 2.45) is 10.7 Å². The van der Waals surface area contributed by atoms with Gasteiger partial charge in [0, 0.05) is 29.9 Å². The molecule has 1 heterocycles. The van der Waals surface area contributed by atoms with Crippen LogP contribution in [0.2, 0.25) is 0 Å². The van der Waals surface area contributed by atoms with Crippen LogP contribution in [0.5, 0.6) is 5.75 Å². The van der Waals surface area contributed by atoms with E-state index in [4.69, 9.17) is 15.2 Å². The number of aliphatic imine (C=N–C) groups is 1. The average molecular weight is 438 g/mol. The molecular formula is C22H22N4O6. The van der Waals surface area contributed by atoms with Crippen LogP contribution in [0, 0.1) is 10.1 Å². The van der Waals surface area contributed by atoms with Gasteiger partial charge >= 0.3 is 5.97 Å². The highest BCUT2D eigenvalue weighted by Gasteiger charge is 2.33. The zero-order chi connectivity index (χ0) is 23.3. The number of non-ortho nitro benzene ring substituents is 1. The molecule has 1 aliphatic heterocycles. The lowest BCUT2D eigenvalue weighted by Crippen LogP contribution is -2.44. The summed E-state index contributed by atoms with van der Waals surface area (Å²) in [6.07, 6.45) is 0.252. The largest absolute Gasteiger partial charge is 0.497 e. The van der Waals surface area contributed by atoms with Gasteiger partial charge in [-0.1, -0.05) is 0 Å². The number of amides is 1. The number of carbonyl (C=O) groups is 2. The van der Waals surface area contributed by atoms with Crippen molar-refractivity contribution >= 4 is 34.7 Å². The lowest BCUT2D eigenvalue weighted by molar-refractivity contribution is -0.384. The van der Waals surface area contributed by atoms with Gasteiger partial charge in [0.2, 0.25) is 0 Å². The number of nitrogens with two attached hydrogens (primary N) is 1. The van der Waals surface area contributed by atoms with E-state index in [2.05, 4.69) is 4.99 Å². The molecule has 0 radical (unpaired) electrons. The lowest BCUT2D eigenvalue weighted by Gasteiger charge is -2.30. The summed E-state index contributed by atoms with van der Waals surface area (Å²) in [5, 5.41) is 10.9. The summed E-state index contributed by atoms with van der Waals surface area (Å²) >= 11 is 0. The second kappa shape index (κ2) is 9.73. The Morgan fingerprint density at radius 1 is 1.19 bits per heavy atom. The van der Waals surface area contributed by atoms with Gasteiger partial charge in [-0.25, -0.2) is 9.79 Å². The summed E-state index contributed by atoms with van der Waals surface area (Å²) in [6, 6.07) is 12.3. The number of benzene rings is 2. The van der Waals surface area contributed by atoms with E-state index in [9.17, 15) is 19.7 Å². The molecule has 166 valence electrons. The first kappa shape index (κ1) is 22.5. The Morgan fingerprint density at radius 3 is 2.41 bits per heavy atom. The molecule has 10 nitrogen and oxygen atoms in total. The van der Waals surface area contributed by atoms with Crippen molar-refractivity contribution in [3.05, 3.63) is 69.9 Å². The Hall–Kier alpha value is -4.21. The van der Waals surface area contributed by atoms with E-state index in [1.807, 2.05) is 0 Å². The molecule has 1 amide bonds. The van der Waals surface area contributed by atoms with Crippen molar-refractivity contribution in [3.63, 3.8) is 0 Å². The fourth-order valence-electron chi connectivity index (χ4n) is 3.20. The number of rotatable bonds is 6.